The van der Waals surface area contributed by atoms with Gasteiger partial charge in [-0.15, -0.1) is 0 Å². The molecule has 0 N–H and O–H groups in total. The van der Waals surface area contributed by atoms with Crippen LogP contribution in [0.2, 0.25) is 0 Å². The van der Waals surface area contributed by atoms with Crippen molar-refractivity contribution in [3.63, 3.8) is 0 Å². The van der Waals surface area contributed by atoms with Gasteiger partial charge in [-0.05, 0) is 36.7 Å². The molecule has 1 amide bonds. The maximum atomic E-state index is 12.1. The van der Waals surface area contributed by atoms with Crippen molar-refractivity contribution in [2.75, 3.05) is 19.6 Å². The van der Waals surface area contributed by atoms with Gasteiger partial charge in [0.1, 0.15) is 0 Å². The van der Waals surface area contributed by atoms with Crippen LogP contribution in [-0.2, 0) is 11.3 Å². The van der Waals surface area contributed by atoms with Crippen molar-refractivity contribution >= 4 is 5.91 Å². The molecule has 3 heterocycles. The minimum atomic E-state index is 0.414. The van der Waals surface area contributed by atoms with Crippen LogP contribution in [0.5, 0.6) is 0 Å². The third-order valence-electron chi connectivity index (χ3n) is 5.50. The summed E-state index contributed by atoms with van der Waals surface area (Å²) in [4.78, 5) is 17.0. The molecular formula is C18H24N2O. The van der Waals surface area contributed by atoms with Crippen molar-refractivity contribution in [1.29, 1.82) is 0 Å². The molecule has 0 spiro atoms. The quantitative estimate of drug-likeness (QED) is 0.833. The zero-order valence-electron chi connectivity index (χ0n) is 12.6. The summed E-state index contributed by atoms with van der Waals surface area (Å²) in [6.45, 7) is 4.39. The SMILES string of the molecule is O=C1CCC[C@H]2[C@H]3C[C@@H](CN(Cc4ccccc4)C3)CN12. The second kappa shape index (κ2) is 5.45. The van der Waals surface area contributed by atoms with E-state index in [0.29, 0.717) is 23.8 Å². The summed E-state index contributed by atoms with van der Waals surface area (Å²) < 4.78 is 0. The van der Waals surface area contributed by atoms with E-state index in [1.54, 1.807) is 0 Å². The van der Waals surface area contributed by atoms with Crippen molar-refractivity contribution in [3.05, 3.63) is 35.9 Å². The number of rotatable bonds is 2. The number of carbonyl (C=O) groups excluding carboxylic acids is 1. The van der Waals surface area contributed by atoms with E-state index in [1.165, 1.54) is 24.9 Å². The Kier molecular flexibility index (Phi) is 3.46. The molecule has 3 saturated heterocycles. The van der Waals surface area contributed by atoms with E-state index >= 15 is 0 Å². The van der Waals surface area contributed by atoms with Crippen LogP contribution in [0.4, 0.5) is 0 Å². The molecule has 3 atom stereocenters. The highest BCUT2D eigenvalue weighted by Gasteiger charge is 2.43. The fraction of sp³-hybridized carbons (Fsp3) is 0.611. The summed E-state index contributed by atoms with van der Waals surface area (Å²) in [5.74, 6) is 1.80. The van der Waals surface area contributed by atoms with Gasteiger partial charge >= 0.3 is 0 Å². The molecule has 3 aliphatic heterocycles. The summed E-state index contributed by atoms with van der Waals surface area (Å²) in [6, 6.07) is 11.3. The first kappa shape index (κ1) is 13.3. The van der Waals surface area contributed by atoms with Gasteiger partial charge in [-0.1, -0.05) is 30.3 Å². The molecule has 21 heavy (non-hydrogen) atoms. The number of amides is 1. The minimum absolute atomic E-state index is 0.414. The Morgan fingerprint density at radius 1 is 1.10 bits per heavy atom. The molecule has 112 valence electrons. The lowest BCUT2D eigenvalue weighted by molar-refractivity contribution is -0.145. The van der Waals surface area contributed by atoms with Crippen molar-refractivity contribution in [3.8, 4) is 0 Å². The molecule has 0 aliphatic carbocycles. The number of piperidine rings is 3. The van der Waals surface area contributed by atoms with E-state index in [4.69, 9.17) is 0 Å². The third-order valence-corrected chi connectivity index (χ3v) is 5.50. The maximum absolute atomic E-state index is 12.1. The molecule has 2 bridgehead atoms. The molecule has 1 aromatic carbocycles. The predicted octanol–water partition coefficient (Wildman–Crippen LogP) is 2.52. The first-order chi connectivity index (χ1) is 10.3. The van der Waals surface area contributed by atoms with Crippen LogP contribution in [0, 0.1) is 11.8 Å². The Hall–Kier alpha value is -1.35. The van der Waals surface area contributed by atoms with Gasteiger partial charge < -0.3 is 4.90 Å². The lowest BCUT2D eigenvalue weighted by Crippen LogP contribution is -2.60. The second-order valence-corrected chi connectivity index (χ2v) is 7.05. The standard InChI is InChI=1S/C18H24N2O/c21-18-8-4-7-17-16-9-15(12-20(17)18)11-19(13-16)10-14-5-2-1-3-6-14/h1-3,5-6,15-17H,4,7-13H2/t15-,16-,17-/m0/s1. The second-order valence-electron chi connectivity index (χ2n) is 7.05. The van der Waals surface area contributed by atoms with E-state index in [1.807, 2.05) is 0 Å². The average molecular weight is 284 g/mol. The number of fused-ring (bicyclic) bond motifs is 4. The molecule has 3 heteroatoms. The molecule has 3 nitrogen and oxygen atoms in total. The lowest BCUT2D eigenvalue weighted by atomic mass is 9.76. The molecule has 0 saturated carbocycles. The number of hydrogen-bond donors (Lipinski definition) is 0. The van der Waals surface area contributed by atoms with Crippen molar-refractivity contribution in [2.45, 2.75) is 38.3 Å². The summed E-state index contributed by atoms with van der Waals surface area (Å²) >= 11 is 0. The third kappa shape index (κ3) is 2.59. The van der Waals surface area contributed by atoms with Crippen LogP contribution in [0.15, 0.2) is 30.3 Å². The monoisotopic (exact) mass is 284 g/mol. The van der Waals surface area contributed by atoms with Crippen LogP contribution in [0.3, 0.4) is 0 Å². The number of likely N-dealkylation sites (tertiary alicyclic amines) is 1. The number of nitrogens with zero attached hydrogens (tertiary/aromatic N) is 2. The van der Waals surface area contributed by atoms with Crippen LogP contribution in [-0.4, -0.2) is 41.4 Å². The van der Waals surface area contributed by atoms with E-state index in [2.05, 4.69) is 40.1 Å². The highest BCUT2D eigenvalue weighted by atomic mass is 16.2. The number of benzene rings is 1. The van der Waals surface area contributed by atoms with Crippen LogP contribution >= 0.6 is 0 Å². The van der Waals surface area contributed by atoms with Crippen molar-refractivity contribution in [2.24, 2.45) is 11.8 Å². The van der Waals surface area contributed by atoms with Crippen LogP contribution in [0.1, 0.15) is 31.2 Å². The molecule has 0 radical (unpaired) electrons. The van der Waals surface area contributed by atoms with E-state index in [9.17, 15) is 4.79 Å². The van der Waals surface area contributed by atoms with Gasteiger partial charge in [0.05, 0.1) is 0 Å². The number of hydrogen-bond acceptors (Lipinski definition) is 2. The molecule has 4 rings (SSSR count). The van der Waals surface area contributed by atoms with Crippen LogP contribution in [0.25, 0.3) is 0 Å². The van der Waals surface area contributed by atoms with Gasteiger partial charge in [-0.2, -0.15) is 0 Å². The first-order valence-corrected chi connectivity index (χ1v) is 8.35. The Labute approximate surface area is 126 Å². The summed E-state index contributed by atoms with van der Waals surface area (Å²) in [5, 5.41) is 0. The number of carbonyl (C=O) groups is 1. The maximum Gasteiger partial charge on any atom is 0.222 e. The minimum Gasteiger partial charge on any atom is -0.339 e. The summed E-state index contributed by atoms with van der Waals surface area (Å²) in [5.41, 5.74) is 1.41. The molecule has 3 fully saturated rings. The Balaban J connectivity index is 1.47. The topological polar surface area (TPSA) is 23.6 Å². The highest BCUT2D eigenvalue weighted by molar-refractivity contribution is 5.77. The zero-order valence-corrected chi connectivity index (χ0v) is 12.6. The molecule has 3 aliphatic rings. The highest BCUT2D eigenvalue weighted by Crippen LogP contribution is 2.38. The van der Waals surface area contributed by atoms with Gasteiger partial charge in [-0.25, -0.2) is 0 Å². The fourth-order valence-electron chi connectivity index (χ4n) is 4.68. The van der Waals surface area contributed by atoms with Gasteiger partial charge in [0, 0.05) is 38.6 Å². The smallest absolute Gasteiger partial charge is 0.222 e. The van der Waals surface area contributed by atoms with Gasteiger partial charge in [-0.3, -0.25) is 9.69 Å². The Morgan fingerprint density at radius 3 is 2.81 bits per heavy atom. The zero-order chi connectivity index (χ0) is 14.2. The summed E-state index contributed by atoms with van der Waals surface area (Å²) in [6.07, 6.45) is 4.44. The van der Waals surface area contributed by atoms with Crippen molar-refractivity contribution in [1.82, 2.24) is 9.80 Å². The average Bonchev–Trinajstić information content (AvgIpc) is 2.49. The molecule has 1 aromatic rings. The fourth-order valence-corrected chi connectivity index (χ4v) is 4.68. The van der Waals surface area contributed by atoms with Gasteiger partial charge in [0.25, 0.3) is 0 Å². The van der Waals surface area contributed by atoms with Gasteiger partial charge in [0.15, 0.2) is 0 Å². The van der Waals surface area contributed by atoms with Gasteiger partial charge in [0.2, 0.25) is 5.91 Å². The summed E-state index contributed by atoms with van der Waals surface area (Å²) in [7, 11) is 0. The Bertz CT molecular complexity index is 515. The molecule has 0 unspecified atom stereocenters. The first-order valence-electron chi connectivity index (χ1n) is 8.35. The lowest BCUT2D eigenvalue weighted by Gasteiger charge is -2.52. The largest absolute Gasteiger partial charge is 0.339 e. The van der Waals surface area contributed by atoms with E-state index < -0.39 is 0 Å². The normalized spacial score (nSPS) is 32.9. The van der Waals surface area contributed by atoms with E-state index in [0.717, 1.165) is 32.5 Å². The predicted molar refractivity (Wildman–Crippen MR) is 82.7 cm³/mol. The van der Waals surface area contributed by atoms with Crippen LogP contribution < -0.4 is 0 Å². The van der Waals surface area contributed by atoms with Crippen molar-refractivity contribution < 1.29 is 4.79 Å². The molecule has 0 aromatic heterocycles. The molecular weight excluding hydrogens is 260 g/mol. The van der Waals surface area contributed by atoms with E-state index in [-0.39, 0.29) is 0 Å². The Morgan fingerprint density at radius 2 is 1.95 bits per heavy atom.